The van der Waals surface area contributed by atoms with Gasteiger partial charge in [0.15, 0.2) is 0 Å². The fourth-order valence-electron chi connectivity index (χ4n) is 5.91. The van der Waals surface area contributed by atoms with Crippen molar-refractivity contribution in [2.75, 3.05) is 0 Å². The average molecular weight is 587 g/mol. The van der Waals surface area contributed by atoms with Crippen LogP contribution in [0, 0.1) is 5.41 Å². The van der Waals surface area contributed by atoms with Gasteiger partial charge in [0.1, 0.15) is 0 Å². The molecular formula is C39H30N4S. The Balaban J connectivity index is 0.000000143. The van der Waals surface area contributed by atoms with Gasteiger partial charge in [0.05, 0.1) is 27.3 Å². The third-order valence-corrected chi connectivity index (χ3v) is 9.01. The lowest BCUT2D eigenvalue weighted by Gasteiger charge is -2.06. The number of hydrogen-bond donors (Lipinski definition) is 1. The highest BCUT2D eigenvalue weighted by molar-refractivity contribution is 7.13. The van der Waals surface area contributed by atoms with Gasteiger partial charge >= 0.3 is 0 Å². The van der Waals surface area contributed by atoms with E-state index < -0.39 is 0 Å². The molecule has 8 aromatic rings. The van der Waals surface area contributed by atoms with Crippen molar-refractivity contribution in [2.45, 2.75) is 0 Å². The van der Waals surface area contributed by atoms with Crippen molar-refractivity contribution in [3.63, 3.8) is 0 Å². The molecule has 44 heavy (non-hydrogen) atoms. The molecule has 1 N–H and O–H groups in total. The van der Waals surface area contributed by atoms with Crippen molar-refractivity contribution < 1.29 is 0 Å². The van der Waals surface area contributed by atoms with E-state index in [2.05, 4.69) is 119 Å². The normalized spacial score (nSPS) is 11.0. The number of rotatable bonds is 5. The molecule has 5 aromatic carbocycles. The van der Waals surface area contributed by atoms with Crippen molar-refractivity contribution in [3.05, 3.63) is 155 Å². The smallest absolute Gasteiger partial charge is 0.0824 e. The zero-order valence-corrected chi connectivity index (χ0v) is 25.1. The summed E-state index contributed by atoms with van der Waals surface area (Å²) in [4.78, 5) is 4.82. The number of para-hydroxylation sites is 2. The van der Waals surface area contributed by atoms with Crippen molar-refractivity contribution in [1.29, 1.82) is 5.41 Å². The quantitative estimate of drug-likeness (QED) is 0.195. The minimum atomic E-state index is 0.493. The minimum Gasteiger partial charge on any atom is -0.343 e. The van der Waals surface area contributed by atoms with Gasteiger partial charge in [-0.2, -0.15) is 0 Å². The Morgan fingerprint density at radius 2 is 1.34 bits per heavy atom. The summed E-state index contributed by atoms with van der Waals surface area (Å²) >= 11 is 1.52. The molecule has 0 spiro atoms. The Bertz CT molecular complexity index is 2250. The predicted octanol–water partition coefficient (Wildman–Crippen LogP) is 10.4. The third-order valence-electron chi connectivity index (χ3n) is 8.09. The Hall–Kier alpha value is -5.52. The van der Waals surface area contributed by atoms with E-state index in [4.69, 9.17) is 5.41 Å². The Morgan fingerprint density at radius 1 is 0.659 bits per heavy atom. The largest absolute Gasteiger partial charge is 0.343 e. The van der Waals surface area contributed by atoms with Crippen molar-refractivity contribution in [2.24, 2.45) is 12.0 Å². The molecule has 8 rings (SSSR count). The van der Waals surface area contributed by atoms with Crippen LogP contribution in [0.15, 0.2) is 150 Å². The highest BCUT2D eigenvalue weighted by atomic mass is 32.1. The fraction of sp³-hybridized carbons (Fsp3) is 0.0256. The summed E-state index contributed by atoms with van der Waals surface area (Å²) in [5, 5.41) is 14.2. The standard InChI is InChI=1S/C21H16N2.C18H14N2S/c1-22-19-10-6-5-9-16(19)17-11-12-20-18(21(17)22)13-14-23(20)15-7-3-2-4-8-15;1-20-16-11-12-21-18(16)17(19)15-9-7-14(8-10-15)13-5-3-2-4-6-13/h2-14H,1H3;2-12,19H,1H2. The number of aromatic nitrogens is 2. The van der Waals surface area contributed by atoms with Crippen LogP contribution in [0.25, 0.3) is 49.5 Å². The molecule has 4 nitrogen and oxygen atoms in total. The minimum absolute atomic E-state index is 0.493. The summed E-state index contributed by atoms with van der Waals surface area (Å²) in [6, 6.07) is 46.0. The van der Waals surface area contributed by atoms with Crippen LogP contribution in [-0.4, -0.2) is 21.6 Å². The summed E-state index contributed by atoms with van der Waals surface area (Å²) in [5.74, 6) is 0. The zero-order valence-electron chi connectivity index (χ0n) is 24.3. The molecule has 0 fully saturated rings. The molecule has 0 bridgehead atoms. The fourth-order valence-corrected chi connectivity index (χ4v) is 6.74. The van der Waals surface area contributed by atoms with E-state index in [0.29, 0.717) is 5.71 Å². The monoisotopic (exact) mass is 586 g/mol. The first-order valence-electron chi connectivity index (χ1n) is 14.5. The van der Waals surface area contributed by atoms with Gasteiger partial charge in [-0.1, -0.05) is 97.1 Å². The van der Waals surface area contributed by atoms with Crippen LogP contribution in [-0.2, 0) is 7.05 Å². The number of fused-ring (bicyclic) bond motifs is 5. The first kappa shape index (κ1) is 27.3. The number of aryl methyl sites for hydroxylation is 1. The van der Waals surface area contributed by atoms with E-state index in [-0.39, 0.29) is 0 Å². The van der Waals surface area contributed by atoms with E-state index in [1.54, 1.807) is 0 Å². The van der Waals surface area contributed by atoms with E-state index in [1.165, 1.54) is 55.3 Å². The van der Waals surface area contributed by atoms with Gasteiger partial charge in [-0.05, 0) is 59.6 Å². The first-order chi connectivity index (χ1) is 21.6. The van der Waals surface area contributed by atoms with E-state index in [0.717, 1.165) is 21.7 Å². The average Bonchev–Trinajstić information content (AvgIpc) is 3.82. The Labute approximate surface area is 260 Å². The highest BCUT2D eigenvalue weighted by Gasteiger charge is 2.14. The molecular weight excluding hydrogens is 557 g/mol. The maximum atomic E-state index is 8.33. The topological polar surface area (TPSA) is 46.1 Å². The maximum Gasteiger partial charge on any atom is 0.0824 e. The van der Waals surface area contributed by atoms with Gasteiger partial charge < -0.3 is 9.13 Å². The Morgan fingerprint density at radius 3 is 2.09 bits per heavy atom. The van der Waals surface area contributed by atoms with Gasteiger partial charge in [-0.15, -0.1) is 11.3 Å². The van der Waals surface area contributed by atoms with Gasteiger partial charge in [-0.25, -0.2) is 0 Å². The summed E-state index contributed by atoms with van der Waals surface area (Å²) in [6.45, 7) is 3.55. The molecule has 0 aliphatic heterocycles. The molecule has 0 saturated carbocycles. The van der Waals surface area contributed by atoms with Gasteiger partial charge in [0.2, 0.25) is 0 Å². The van der Waals surface area contributed by atoms with Crippen LogP contribution in [0.4, 0.5) is 5.69 Å². The second kappa shape index (κ2) is 11.6. The predicted molar refractivity (Wildman–Crippen MR) is 189 cm³/mol. The molecule has 0 aliphatic rings. The van der Waals surface area contributed by atoms with E-state index >= 15 is 0 Å². The molecule has 0 radical (unpaired) electrons. The summed E-state index contributed by atoms with van der Waals surface area (Å²) in [5.41, 5.74) is 9.52. The van der Waals surface area contributed by atoms with Crippen molar-refractivity contribution in [3.8, 4) is 16.8 Å². The summed E-state index contributed by atoms with van der Waals surface area (Å²) < 4.78 is 4.56. The molecule has 5 heteroatoms. The second-order valence-electron chi connectivity index (χ2n) is 10.6. The number of nitrogens with one attached hydrogen (secondary N) is 1. The number of thiophene rings is 1. The van der Waals surface area contributed by atoms with Crippen LogP contribution in [0.1, 0.15) is 10.4 Å². The van der Waals surface area contributed by atoms with Crippen LogP contribution in [0.2, 0.25) is 0 Å². The molecule has 3 heterocycles. The third kappa shape index (κ3) is 4.83. The lowest BCUT2D eigenvalue weighted by atomic mass is 10.0. The van der Waals surface area contributed by atoms with Crippen LogP contribution in [0.5, 0.6) is 0 Å². The second-order valence-corrected chi connectivity index (χ2v) is 11.5. The lowest BCUT2D eigenvalue weighted by Crippen LogP contribution is -1.98. The van der Waals surface area contributed by atoms with E-state index in [1.807, 2.05) is 53.9 Å². The van der Waals surface area contributed by atoms with Crippen LogP contribution in [0.3, 0.4) is 0 Å². The molecule has 0 atom stereocenters. The molecule has 0 unspecified atom stereocenters. The molecule has 0 aliphatic carbocycles. The van der Waals surface area contributed by atoms with Gasteiger partial charge in [-0.3, -0.25) is 10.4 Å². The highest BCUT2D eigenvalue weighted by Crippen LogP contribution is 2.34. The number of aliphatic imine (C=N–C) groups is 1. The van der Waals surface area contributed by atoms with Crippen molar-refractivity contribution in [1.82, 2.24) is 9.13 Å². The first-order valence-corrected chi connectivity index (χ1v) is 15.3. The van der Waals surface area contributed by atoms with Crippen LogP contribution >= 0.6 is 11.3 Å². The number of nitrogens with zero attached hydrogens (tertiary/aromatic N) is 3. The zero-order chi connectivity index (χ0) is 30.0. The number of benzene rings is 5. The van der Waals surface area contributed by atoms with Crippen molar-refractivity contribution >= 4 is 62.2 Å². The molecule has 3 aromatic heterocycles. The Kier molecular flexibility index (Phi) is 7.22. The molecule has 0 saturated heterocycles. The van der Waals surface area contributed by atoms with Gasteiger partial charge in [0, 0.05) is 46.2 Å². The number of hydrogen-bond acceptors (Lipinski definition) is 3. The maximum absolute atomic E-state index is 8.33. The van der Waals surface area contributed by atoms with E-state index in [9.17, 15) is 0 Å². The lowest BCUT2D eigenvalue weighted by molar-refractivity contribution is 1.02. The van der Waals surface area contributed by atoms with Gasteiger partial charge in [0.25, 0.3) is 0 Å². The van der Waals surface area contributed by atoms with Crippen LogP contribution < -0.4 is 0 Å². The molecule has 212 valence electrons. The SMILES string of the molecule is C=Nc1ccsc1C(=N)c1ccc(-c2ccccc2)cc1.Cn1c2ccccc2c2ccc3c(ccn3-c3ccccc3)c21. The summed E-state index contributed by atoms with van der Waals surface area (Å²) in [7, 11) is 2.16. The molecule has 0 amide bonds. The summed E-state index contributed by atoms with van der Waals surface area (Å²) in [6.07, 6.45) is 2.16.